The number of carbonyl (C=O) groups excluding carboxylic acids is 1. The van der Waals surface area contributed by atoms with Gasteiger partial charge in [0.25, 0.3) is 0 Å². The van der Waals surface area contributed by atoms with E-state index in [2.05, 4.69) is 27.9 Å². The van der Waals surface area contributed by atoms with Crippen molar-refractivity contribution in [3.05, 3.63) is 35.0 Å². The lowest BCUT2D eigenvalue weighted by molar-refractivity contribution is -0.130. The molecule has 3 heterocycles. The van der Waals surface area contributed by atoms with Crippen LogP contribution < -0.4 is 14.4 Å². The second-order valence-electron chi connectivity index (χ2n) is 9.37. The molecule has 5 rings (SSSR count). The normalized spacial score (nSPS) is 18.6. The van der Waals surface area contributed by atoms with Gasteiger partial charge in [0.05, 0.1) is 5.75 Å². The maximum absolute atomic E-state index is 12.9. The van der Waals surface area contributed by atoms with Crippen molar-refractivity contribution in [3.8, 4) is 11.5 Å². The zero-order chi connectivity index (χ0) is 24.2. The average Bonchev–Trinajstić information content (AvgIpc) is 3.35. The number of fused-ring (bicyclic) bond motifs is 1. The first kappa shape index (κ1) is 24.5. The van der Waals surface area contributed by atoms with Crippen LogP contribution in [0.25, 0.3) is 0 Å². The molecule has 0 unspecified atom stereocenters. The predicted octanol–water partition coefficient (Wildman–Crippen LogP) is 4.06. The molecule has 0 N–H and O–H groups in total. The lowest BCUT2D eigenvalue weighted by Gasteiger charge is -2.34. The van der Waals surface area contributed by atoms with E-state index in [1.165, 1.54) is 49.4 Å². The molecule has 3 aliphatic rings. The standard InChI is InChI=1S/C25H32ClN5O3S/c1-29(19-5-3-2-4-6-19)23-14-22(26)27-25(28-23)35-16-24(32)31-11-9-30(10-12-31)15-18-7-8-20-21(13-18)34-17-33-20/h7-8,13-14,19H,2-6,9-12,15-17H2,1H3. The number of piperazine rings is 1. The number of anilines is 1. The maximum Gasteiger partial charge on any atom is 0.233 e. The molecule has 35 heavy (non-hydrogen) atoms. The summed E-state index contributed by atoms with van der Waals surface area (Å²) >= 11 is 7.67. The van der Waals surface area contributed by atoms with Gasteiger partial charge in [-0.25, -0.2) is 9.97 Å². The van der Waals surface area contributed by atoms with E-state index in [9.17, 15) is 4.79 Å². The molecule has 1 aromatic carbocycles. The second kappa shape index (κ2) is 11.2. The fraction of sp³-hybridized carbons (Fsp3) is 0.560. The van der Waals surface area contributed by atoms with Crippen LogP contribution >= 0.6 is 23.4 Å². The largest absolute Gasteiger partial charge is 0.454 e. The molecule has 2 aliphatic heterocycles. The van der Waals surface area contributed by atoms with Crippen molar-refractivity contribution >= 4 is 35.1 Å². The number of amides is 1. The van der Waals surface area contributed by atoms with Crippen LogP contribution in [-0.4, -0.2) is 77.5 Å². The third-order valence-electron chi connectivity index (χ3n) is 7.04. The highest BCUT2D eigenvalue weighted by Gasteiger charge is 2.24. The quantitative estimate of drug-likeness (QED) is 0.309. The van der Waals surface area contributed by atoms with Crippen molar-refractivity contribution in [2.24, 2.45) is 0 Å². The van der Waals surface area contributed by atoms with Gasteiger partial charge in [0.1, 0.15) is 11.0 Å². The van der Waals surface area contributed by atoms with Gasteiger partial charge in [-0.3, -0.25) is 9.69 Å². The molecular weight excluding hydrogens is 486 g/mol. The Labute approximate surface area is 215 Å². The molecular formula is C25H32ClN5O3S. The minimum absolute atomic E-state index is 0.114. The Bertz CT molecular complexity index is 1040. The molecule has 8 nitrogen and oxygen atoms in total. The minimum atomic E-state index is 0.114. The first-order valence-corrected chi connectivity index (χ1v) is 13.7. The Morgan fingerprint density at radius 1 is 1.09 bits per heavy atom. The van der Waals surface area contributed by atoms with Gasteiger partial charge in [-0.1, -0.05) is 48.7 Å². The number of benzene rings is 1. The van der Waals surface area contributed by atoms with Crippen LogP contribution in [-0.2, 0) is 11.3 Å². The van der Waals surface area contributed by atoms with Gasteiger partial charge in [-0.15, -0.1) is 0 Å². The summed E-state index contributed by atoms with van der Waals surface area (Å²) in [5.74, 6) is 2.88. The van der Waals surface area contributed by atoms with E-state index >= 15 is 0 Å². The Hall–Kier alpha value is -2.23. The molecule has 188 valence electrons. The summed E-state index contributed by atoms with van der Waals surface area (Å²) in [7, 11) is 2.08. The molecule has 10 heteroatoms. The van der Waals surface area contributed by atoms with Gasteiger partial charge in [0, 0.05) is 51.9 Å². The summed E-state index contributed by atoms with van der Waals surface area (Å²) < 4.78 is 10.9. The number of hydrogen-bond acceptors (Lipinski definition) is 8. The fourth-order valence-corrected chi connectivity index (χ4v) is 5.94. The number of ether oxygens (including phenoxy) is 2. The van der Waals surface area contributed by atoms with Crippen molar-refractivity contribution in [3.63, 3.8) is 0 Å². The smallest absolute Gasteiger partial charge is 0.233 e. The van der Waals surface area contributed by atoms with Crippen molar-refractivity contribution in [2.75, 3.05) is 50.7 Å². The molecule has 1 aromatic heterocycles. The third kappa shape index (κ3) is 6.13. The van der Waals surface area contributed by atoms with Crippen LogP contribution in [0.1, 0.15) is 37.7 Å². The summed E-state index contributed by atoms with van der Waals surface area (Å²) in [6.07, 6.45) is 6.19. The number of hydrogen-bond donors (Lipinski definition) is 0. The summed E-state index contributed by atoms with van der Waals surface area (Å²) in [5, 5.41) is 0.981. The van der Waals surface area contributed by atoms with Crippen molar-refractivity contribution in [1.82, 2.24) is 19.8 Å². The van der Waals surface area contributed by atoms with E-state index in [1.807, 2.05) is 23.1 Å². The number of aromatic nitrogens is 2. The van der Waals surface area contributed by atoms with Crippen LogP contribution in [0.4, 0.5) is 5.82 Å². The predicted molar refractivity (Wildman–Crippen MR) is 137 cm³/mol. The molecule has 1 saturated heterocycles. The molecule has 1 aliphatic carbocycles. The van der Waals surface area contributed by atoms with Gasteiger partial charge in [0.15, 0.2) is 16.7 Å². The summed E-state index contributed by atoms with van der Waals surface area (Å²) in [4.78, 5) is 28.4. The number of halogens is 1. The first-order valence-electron chi connectivity index (χ1n) is 12.3. The number of carbonyl (C=O) groups is 1. The monoisotopic (exact) mass is 517 g/mol. The van der Waals surface area contributed by atoms with E-state index in [1.54, 1.807) is 0 Å². The summed E-state index contributed by atoms with van der Waals surface area (Å²) in [6.45, 7) is 4.24. The first-order chi connectivity index (χ1) is 17.0. The molecule has 2 aromatic rings. The topological polar surface area (TPSA) is 71.0 Å². The Kier molecular flexibility index (Phi) is 7.84. The van der Waals surface area contributed by atoms with Crippen LogP contribution in [0, 0.1) is 0 Å². The summed E-state index contributed by atoms with van der Waals surface area (Å²) in [6, 6.07) is 8.39. The zero-order valence-corrected chi connectivity index (χ0v) is 21.7. The average molecular weight is 518 g/mol. The van der Waals surface area contributed by atoms with E-state index in [0.717, 1.165) is 50.0 Å². The number of nitrogens with zero attached hydrogens (tertiary/aromatic N) is 5. The Balaban J connectivity index is 1.10. The molecule has 0 radical (unpaired) electrons. The Morgan fingerprint density at radius 2 is 1.86 bits per heavy atom. The lowest BCUT2D eigenvalue weighted by Crippen LogP contribution is -2.48. The second-order valence-corrected chi connectivity index (χ2v) is 10.7. The van der Waals surface area contributed by atoms with Crippen LogP contribution in [0.3, 0.4) is 0 Å². The lowest BCUT2D eigenvalue weighted by atomic mass is 9.94. The molecule has 0 atom stereocenters. The highest BCUT2D eigenvalue weighted by atomic mass is 35.5. The molecule has 2 fully saturated rings. The van der Waals surface area contributed by atoms with Gasteiger partial charge in [-0.2, -0.15) is 0 Å². The van der Waals surface area contributed by atoms with Gasteiger partial charge >= 0.3 is 0 Å². The zero-order valence-electron chi connectivity index (χ0n) is 20.1. The molecule has 1 amide bonds. The van der Waals surface area contributed by atoms with Crippen molar-refractivity contribution in [1.29, 1.82) is 0 Å². The minimum Gasteiger partial charge on any atom is -0.454 e. The molecule has 1 saturated carbocycles. The highest BCUT2D eigenvalue weighted by molar-refractivity contribution is 7.99. The van der Waals surface area contributed by atoms with E-state index in [-0.39, 0.29) is 12.7 Å². The van der Waals surface area contributed by atoms with Crippen LogP contribution in [0.5, 0.6) is 11.5 Å². The Morgan fingerprint density at radius 3 is 2.66 bits per heavy atom. The van der Waals surface area contributed by atoms with Gasteiger partial charge in [0.2, 0.25) is 12.7 Å². The SMILES string of the molecule is CN(c1cc(Cl)nc(SCC(=O)N2CCN(Cc3ccc4c(c3)OCO4)CC2)n1)C1CCCCC1. The van der Waals surface area contributed by atoms with Crippen LogP contribution in [0.2, 0.25) is 5.15 Å². The fourth-order valence-electron chi connectivity index (χ4n) is 4.96. The van der Waals surface area contributed by atoms with Gasteiger partial charge in [-0.05, 0) is 30.5 Å². The van der Waals surface area contributed by atoms with E-state index < -0.39 is 0 Å². The molecule has 0 bridgehead atoms. The van der Waals surface area contributed by atoms with E-state index in [0.29, 0.717) is 22.1 Å². The maximum atomic E-state index is 12.9. The van der Waals surface area contributed by atoms with E-state index in [4.69, 9.17) is 26.1 Å². The highest BCUT2D eigenvalue weighted by Crippen LogP contribution is 2.33. The number of thioether (sulfide) groups is 1. The third-order valence-corrected chi connectivity index (χ3v) is 8.06. The van der Waals surface area contributed by atoms with Crippen molar-refractivity contribution in [2.45, 2.75) is 49.8 Å². The number of rotatable bonds is 7. The molecule has 0 spiro atoms. The summed E-state index contributed by atoms with van der Waals surface area (Å²) in [5.41, 5.74) is 1.19. The van der Waals surface area contributed by atoms with Crippen molar-refractivity contribution < 1.29 is 14.3 Å². The van der Waals surface area contributed by atoms with Crippen LogP contribution in [0.15, 0.2) is 29.4 Å². The van der Waals surface area contributed by atoms with Gasteiger partial charge < -0.3 is 19.3 Å².